The van der Waals surface area contributed by atoms with Crippen molar-refractivity contribution in [3.05, 3.63) is 12.3 Å². The monoisotopic (exact) mass is 254 g/mol. The van der Waals surface area contributed by atoms with Crippen molar-refractivity contribution in [1.82, 2.24) is 4.90 Å². The van der Waals surface area contributed by atoms with Crippen LogP contribution in [0.25, 0.3) is 0 Å². The van der Waals surface area contributed by atoms with Crippen molar-refractivity contribution in [2.75, 3.05) is 19.6 Å². The first-order valence-electron chi connectivity index (χ1n) is 7.84. The van der Waals surface area contributed by atoms with Gasteiger partial charge in [0.15, 0.2) is 0 Å². The van der Waals surface area contributed by atoms with Crippen LogP contribution in [0.2, 0.25) is 0 Å². The van der Waals surface area contributed by atoms with Crippen molar-refractivity contribution >= 4 is 0 Å². The Kier molecular flexibility index (Phi) is 10.1. The van der Waals surface area contributed by atoms with Gasteiger partial charge in [0.1, 0.15) is 0 Å². The average Bonchev–Trinajstić information content (AvgIpc) is 2.42. The molecule has 0 aliphatic carbocycles. The Morgan fingerprint density at radius 2 is 2.06 bits per heavy atom. The quantitative estimate of drug-likeness (QED) is 0.775. The molecule has 18 heavy (non-hydrogen) atoms. The Morgan fingerprint density at radius 3 is 2.50 bits per heavy atom. The van der Waals surface area contributed by atoms with Crippen LogP contribution < -0.4 is 5.73 Å². The summed E-state index contributed by atoms with van der Waals surface area (Å²) in [6.07, 6.45) is 6.23. The normalized spacial score (nSPS) is 21.3. The summed E-state index contributed by atoms with van der Waals surface area (Å²) in [5.41, 5.74) is 7.00. The molecule has 0 aromatic heterocycles. The van der Waals surface area contributed by atoms with Crippen LogP contribution in [0.3, 0.4) is 0 Å². The van der Waals surface area contributed by atoms with Gasteiger partial charge in [-0.05, 0) is 37.6 Å². The van der Waals surface area contributed by atoms with Crippen LogP contribution in [-0.2, 0) is 0 Å². The molecule has 2 atom stereocenters. The van der Waals surface area contributed by atoms with Crippen LogP contribution in [-0.4, -0.2) is 24.5 Å². The van der Waals surface area contributed by atoms with Crippen molar-refractivity contribution in [1.29, 1.82) is 0 Å². The molecule has 0 amide bonds. The summed E-state index contributed by atoms with van der Waals surface area (Å²) in [6.45, 7) is 16.0. The topological polar surface area (TPSA) is 29.3 Å². The van der Waals surface area contributed by atoms with Gasteiger partial charge in [-0.25, -0.2) is 0 Å². The predicted molar refractivity (Wildman–Crippen MR) is 82.5 cm³/mol. The van der Waals surface area contributed by atoms with Crippen LogP contribution in [0, 0.1) is 11.8 Å². The molecule has 0 aromatic carbocycles. The molecule has 1 saturated heterocycles. The molecular weight excluding hydrogens is 220 g/mol. The average molecular weight is 254 g/mol. The molecule has 0 saturated carbocycles. The Morgan fingerprint density at radius 1 is 1.39 bits per heavy atom. The molecule has 2 heteroatoms. The third kappa shape index (κ3) is 5.90. The Labute approximate surface area is 115 Å². The van der Waals surface area contributed by atoms with Gasteiger partial charge >= 0.3 is 0 Å². The summed E-state index contributed by atoms with van der Waals surface area (Å²) in [7, 11) is 0. The molecule has 0 spiro atoms. The Bertz CT molecular complexity index is 213. The molecule has 0 bridgehead atoms. The maximum absolute atomic E-state index is 5.65. The lowest BCUT2D eigenvalue weighted by Crippen LogP contribution is -2.35. The van der Waals surface area contributed by atoms with E-state index < -0.39 is 0 Å². The van der Waals surface area contributed by atoms with Crippen LogP contribution in [0.5, 0.6) is 0 Å². The third-order valence-corrected chi connectivity index (χ3v) is 3.99. The number of nitrogens with two attached hydrogens (primary N) is 1. The molecule has 2 N–H and O–H groups in total. The number of allylic oxidation sites excluding steroid dienone is 1. The van der Waals surface area contributed by atoms with E-state index in [1.807, 2.05) is 13.8 Å². The largest absolute Gasteiger partial charge is 0.375 e. The van der Waals surface area contributed by atoms with Gasteiger partial charge in [0, 0.05) is 18.8 Å². The minimum atomic E-state index is 0.750. The standard InChI is InChI=1S/C14H28N2.C2H6/c1-4-13-7-9-16(12(3)10-13)11-14(5-2)6-8-15;1-2/h13-14H,3-11,15H2,1-2H3;1-2H3. The molecule has 0 aromatic rings. The number of piperidine rings is 1. The first-order valence-corrected chi connectivity index (χ1v) is 7.84. The van der Waals surface area contributed by atoms with Crippen molar-refractivity contribution in [3.63, 3.8) is 0 Å². The van der Waals surface area contributed by atoms with E-state index in [1.165, 1.54) is 44.5 Å². The van der Waals surface area contributed by atoms with E-state index in [4.69, 9.17) is 5.73 Å². The highest BCUT2D eigenvalue weighted by molar-refractivity contribution is 4.99. The van der Waals surface area contributed by atoms with Gasteiger partial charge in [-0.3, -0.25) is 0 Å². The van der Waals surface area contributed by atoms with Gasteiger partial charge < -0.3 is 10.6 Å². The Balaban J connectivity index is 0.00000137. The predicted octanol–water partition coefficient (Wildman–Crippen LogP) is 4.02. The van der Waals surface area contributed by atoms with Crippen molar-refractivity contribution in [2.24, 2.45) is 17.6 Å². The summed E-state index contributed by atoms with van der Waals surface area (Å²) < 4.78 is 0. The van der Waals surface area contributed by atoms with Crippen LogP contribution in [0.15, 0.2) is 12.3 Å². The summed E-state index contributed by atoms with van der Waals surface area (Å²) in [5.74, 6) is 1.62. The highest BCUT2D eigenvalue weighted by Gasteiger charge is 2.21. The molecular formula is C16H34N2. The van der Waals surface area contributed by atoms with E-state index in [1.54, 1.807) is 0 Å². The fraction of sp³-hybridized carbons (Fsp3) is 0.875. The van der Waals surface area contributed by atoms with Crippen LogP contribution in [0.1, 0.15) is 59.8 Å². The lowest BCUT2D eigenvalue weighted by molar-refractivity contribution is 0.204. The van der Waals surface area contributed by atoms with E-state index in [0.717, 1.165) is 24.8 Å². The Hall–Kier alpha value is -0.500. The molecule has 2 unspecified atom stereocenters. The zero-order valence-electron chi connectivity index (χ0n) is 13.0. The first-order chi connectivity index (χ1) is 8.71. The first kappa shape index (κ1) is 17.5. The lowest BCUT2D eigenvalue weighted by atomic mass is 9.91. The molecule has 1 heterocycles. The van der Waals surface area contributed by atoms with Gasteiger partial charge in [0.25, 0.3) is 0 Å². The fourth-order valence-electron chi connectivity index (χ4n) is 2.60. The summed E-state index contributed by atoms with van der Waals surface area (Å²) >= 11 is 0. The second kappa shape index (κ2) is 10.4. The molecule has 0 radical (unpaired) electrons. The zero-order valence-corrected chi connectivity index (χ0v) is 13.0. The van der Waals surface area contributed by atoms with E-state index in [0.29, 0.717) is 0 Å². The van der Waals surface area contributed by atoms with Crippen LogP contribution in [0.4, 0.5) is 0 Å². The third-order valence-electron chi connectivity index (χ3n) is 3.99. The maximum Gasteiger partial charge on any atom is 0.0203 e. The van der Waals surface area contributed by atoms with Crippen molar-refractivity contribution in [3.8, 4) is 0 Å². The van der Waals surface area contributed by atoms with Crippen LogP contribution >= 0.6 is 0 Å². The smallest absolute Gasteiger partial charge is 0.0203 e. The SMILES string of the molecule is C=C1CC(CC)CCN1CC(CC)CCN.CC. The van der Waals surface area contributed by atoms with E-state index >= 15 is 0 Å². The molecule has 1 aliphatic heterocycles. The highest BCUT2D eigenvalue weighted by Crippen LogP contribution is 2.28. The molecule has 108 valence electrons. The van der Waals surface area contributed by atoms with E-state index in [9.17, 15) is 0 Å². The summed E-state index contributed by atoms with van der Waals surface area (Å²) in [5, 5.41) is 0. The second-order valence-corrected chi connectivity index (χ2v) is 5.13. The number of likely N-dealkylation sites (tertiary alicyclic amines) is 1. The van der Waals surface area contributed by atoms with Gasteiger partial charge in [0.2, 0.25) is 0 Å². The molecule has 1 rings (SSSR count). The minimum Gasteiger partial charge on any atom is -0.375 e. The minimum absolute atomic E-state index is 0.750. The van der Waals surface area contributed by atoms with Gasteiger partial charge in [-0.2, -0.15) is 0 Å². The van der Waals surface area contributed by atoms with Crippen molar-refractivity contribution < 1.29 is 0 Å². The number of hydrogen-bond acceptors (Lipinski definition) is 2. The number of rotatable bonds is 6. The molecule has 1 aliphatic rings. The lowest BCUT2D eigenvalue weighted by Gasteiger charge is -2.37. The number of hydrogen-bond donors (Lipinski definition) is 1. The van der Waals surface area contributed by atoms with E-state index in [2.05, 4.69) is 25.3 Å². The molecule has 2 nitrogen and oxygen atoms in total. The number of nitrogens with zero attached hydrogens (tertiary/aromatic N) is 1. The second-order valence-electron chi connectivity index (χ2n) is 5.13. The van der Waals surface area contributed by atoms with Crippen molar-refractivity contribution in [2.45, 2.75) is 59.8 Å². The maximum atomic E-state index is 5.65. The molecule has 1 fully saturated rings. The van der Waals surface area contributed by atoms with E-state index in [-0.39, 0.29) is 0 Å². The van der Waals surface area contributed by atoms with Gasteiger partial charge in [-0.15, -0.1) is 0 Å². The van der Waals surface area contributed by atoms with Gasteiger partial charge in [0.05, 0.1) is 0 Å². The summed E-state index contributed by atoms with van der Waals surface area (Å²) in [4.78, 5) is 2.50. The highest BCUT2D eigenvalue weighted by atomic mass is 15.1. The summed E-state index contributed by atoms with van der Waals surface area (Å²) in [6, 6.07) is 0. The fourth-order valence-corrected chi connectivity index (χ4v) is 2.60. The van der Waals surface area contributed by atoms with Gasteiger partial charge in [-0.1, -0.05) is 47.1 Å². The zero-order chi connectivity index (χ0) is 14.0.